The Balaban J connectivity index is 1.66. The van der Waals surface area contributed by atoms with E-state index in [0.29, 0.717) is 6.54 Å². The Labute approximate surface area is 158 Å². The van der Waals surface area contributed by atoms with E-state index < -0.39 is 0 Å². The number of hydrogen-bond donors (Lipinski definition) is 0. The highest BCUT2D eigenvalue weighted by Gasteiger charge is 2.28. The number of halogens is 1. The monoisotopic (exact) mass is 365 g/mol. The number of para-hydroxylation sites is 1. The molecule has 0 spiro atoms. The van der Waals surface area contributed by atoms with E-state index in [1.165, 1.54) is 12.1 Å². The molecule has 3 aromatic rings. The van der Waals surface area contributed by atoms with Crippen LogP contribution in [0.3, 0.4) is 0 Å². The molecule has 1 saturated heterocycles. The zero-order valence-electron chi connectivity index (χ0n) is 15.7. The van der Waals surface area contributed by atoms with Crippen molar-refractivity contribution in [3.63, 3.8) is 0 Å². The van der Waals surface area contributed by atoms with E-state index in [-0.39, 0.29) is 17.4 Å². The lowest BCUT2D eigenvalue weighted by Crippen LogP contribution is -2.27. The molecular formula is C22H24FN3O. The molecule has 1 unspecified atom stereocenters. The van der Waals surface area contributed by atoms with Gasteiger partial charge in [-0.05, 0) is 56.1 Å². The van der Waals surface area contributed by atoms with Crippen molar-refractivity contribution in [3.8, 4) is 5.69 Å². The molecule has 0 bridgehead atoms. The molecule has 4 nitrogen and oxygen atoms in total. The van der Waals surface area contributed by atoms with E-state index in [1.807, 2.05) is 61.1 Å². The number of nitrogens with zero attached hydrogens (tertiary/aromatic N) is 3. The first-order valence-corrected chi connectivity index (χ1v) is 9.38. The molecular weight excluding hydrogens is 341 g/mol. The third kappa shape index (κ3) is 3.23. The Morgan fingerprint density at radius 3 is 2.48 bits per heavy atom. The highest BCUT2D eigenvalue weighted by Crippen LogP contribution is 2.33. The lowest BCUT2D eigenvalue weighted by atomic mass is 10.0. The molecule has 2 aromatic carbocycles. The van der Waals surface area contributed by atoms with Gasteiger partial charge in [0.2, 0.25) is 0 Å². The van der Waals surface area contributed by atoms with Crippen molar-refractivity contribution in [2.24, 2.45) is 7.05 Å². The topological polar surface area (TPSA) is 30.2 Å². The molecule has 0 N–H and O–H groups in total. The van der Waals surface area contributed by atoms with Crippen LogP contribution in [0.15, 0.2) is 59.4 Å². The van der Waals surface area contributed by atoms with Crippen LogP contribution in [-0.4, -0.2) is 20.8 Å². The highest BCUT2D eigenvalue weighted by atomic mass is 19.1. The second-order valence-electron chi connectivity index (χ2n) is 7.22. The molecule has 0 aliphatic carbocycles. The Morgan fingerprint density at radius 1 is 1.07 bits per heavy atom. The maximum absolute atomic E-state index is 13.3. The maximum Gasteiger partial charge on any atom is 0.276 e. The SMILES string of the molecule is Cc1c(CN2CCCC2c2ccc(F)cc2)c(=O)n(-c2ccccc2)n1C. The summed E-state index contributed by atoms with van der Waals surface area (Å²) in [7, 11) is 1.93. The first-order chi connectivity index (χ1) is 13.1. The molecule has 5 heteroatoms. The van der Waals surface area contributed by atoms with Gasteiger partial charge in [-0.15, -0.1) is 0 Å². The van der Waals surface area contributed by atoms with Gasteiger partial charge in [0.05, 0.1) is 11.3 Å². The van der Waals surface area contributed by atoms with Crippen LogP contribution >= 0.6 is 0 Å². The van der Waals surface area contributed by atoms with Crippen LogP contribution in [0, 0.1) is 12.7 Å². The minimum absolute atomic E-state index is 0.0333. The smallest absolute Gasteiger partial charge is 0.276 e. The van der Waals surface area contributed by atoms with E-state index in [0.717, 1.165) is 41.9 Å². The average Bonchev–Trinajstić information content (AvgIpc) is 3.22. The van der Waals surface area contributed by atoms with E-state index in [4.69, 9.17) is 0 Å². The van der Waals surface area contributed by atoms with Crippen LogP contribution in [0.4, 0.5) is 4.39 Å². The van der Waals surface area contributed by atoms with Gasteiger partial charge >= 0.3 is 0 Å². The summed E-state index contributed by atoms with van der Waals surface area (Å²) in [5.74, 6) is -0.215. The Hall–Kier alpha value is -2.66. The third-order valence-corrected chi connectivity index (χ3v) is 5.65. The number of benzene rings is 2. The van der Waals surface area contributed by atoms with Gasteiger partial charge in [0, 0.05) is 25.3 Å². The van der Waals surface area contributed by atoms with Gasteiger partial charge in [0.15, 0.2) is 0 Å². The van der Waals surface area contributed by atoms with Crippen LogP contribution in [-0.2, 0) is 13.6 Å². The average molecular weight is 365 g/mol. The minimum atomic E-state index is -0.215. The molecule has 1 aromatic heterocycles. The molecule has 1 aliphatic rings. The summed E-state index contributed by atoms with van der Waals surface area (Å²) in [5.41, 5.74) is 3.83. The van der Waals surface area contributed by atoms with Gasteiger partial charge in [0.25, 0.3) is 5.56 Å². The summed E-state index contributed by atoms with van der Waals surface area (Å²) in [6.45, 7) is 3.56. The maximum atomic E-state index is 13.3. The van der Waals surface area contributed by atoms with E-state index >= 15 is 0 Å². The molecule has 1 aliphatic heterocycles. The second kappa shape index (κ2) is 7.16. The minimum Gasteiger partial charge on any atom is -0.292 e. The van der Waals surface area contributed by atoms with Crippen LogP contribution in [0.5, 0.6) is 0 Å². The molecule has 0 radical (unpaired) electrons. The van der Waals surface area contributed by atoms with Gasteiger partial charge in [-0.2, -0.15) is 0 Å². The number of rotatable bonds is 4. The van der Waals surface area contributed by atoms with Crippen LogP contribution < -0.4 is 5.56 Å². The number of aromatic nitrogens is 2. The van der Waals surface area contributed by atoms with Crippen molar-refractivity contribution in [3.05, 3.63) is 87.6 Å². The predicted molar refractivity (Wildman–Crippen MR) is 105 cm³/mol. The molecule has 0 amide bonds. The summed E-state index contributed by atoms with van der Waals surface area (Å²) >= 11 is 0. The van der Waals surface area contributed by atoms with Crippen LogP contribution in [0.25, 0.3) is 5.69 Å². The molecule has 140 valence electrons. The molecule has 2 heterocycles. The fraction of sp³-hybridized carbons (Fsp3) is 0.318. The fourth-order valence-electron chi connectivity index (χ4n) is 4.09. The molecule has 1 atom stereocenters. The summed E-state index contributed by atoms with van der Waals surface area (Å²) in [6, 6.07) is 16.7. The van der Waals surface area contributed by atoms with Gasteiger partial charge in [-0.25, -0.2) is 9.07 Å². The van der Waals surface area contributed by atoms with Crippen molar-refractivity contribution in [2.45, 2.75) is 32.4 Å². The van der Waals surface area contributed by atoms with Crippen molar-refractivity contribution < 1.29 is 4.39 Å². The Morgan fingerprint density at radius 2 is 1.78 bits per heavy atom. The van der Waals surface area contributed by atoms with Crippen molar-refractivity contribution in [1.82, 2.24) is 14.3 Å². The molecule has 1 fully saturated rings. The van der Waals surface area contributed by atoms with Crippen LogP contribution in [0.2, 0.25) is 0 Å². The lowest BCUT2D eigenvalue weighted by molar-refractivity contribution is 0.247. The quantitative estimate of drug-likeness (QED) is 0.701. The summed E-state index contributed by atoms with van der Waals surface area (Å²) < 4.78 is 16.9. The standard InChI is InChI=1S/C22H24FN3O/c1-16-20(22(27)26(24(16)2)19-7-4-3-5-8-19)15-25-14-6-9-21(25)17-10-12-18(23)13-11-17/h3-5,7-8,10-13,21H,6,9,14-15H2,1-2H3. The Bertz CT molecular complexity index is 989. The van der Waals surface area contributed by atoms with E-state index in [9.17, 15) is 9.18 Å². The molecule has 27 heavy (non-hydrogen) atoms. The van der Waals surface area contributed by atoms with Gasteiger partial charge < -0.3 is 0 Å². The van der Waals surface area contributed by atoms with E-state index in [1.54, 1.807) is 4.68 Å². The van der Waals surface area contributed by atoms with Crippen molar-refractivity contribution in [1.29, 1.82) is 0 Å². The first-order valence-electron chi connectivity index (χ1n) is 9.38. The summed E-state index contributed by atoms with van der Waals surface area (Å²) in [6.07, 6.45) is 2.12. The third-order valence-electron chi connectivity index (χ3n) is 5.65. The highest BCUT2D eigenvalue weighted by molar-refractivity contribution is 5.33. The van der Waals surface area contributed by atoms with Crippen molar-refractivity contribution in [2.75, 3.05) is 6.54 Å². The largest absolute Gasteiger partial charge is 0.292 e. The fourth-order valence-corrected chi connectivity index (χ4v) is 4.09. The predicted octanol–water partition coefficient (Wildman–Crippen LogP) is 3.96. The Kier molecular flexibility index (Phi) is 4.70. The van der Waals surface area contributed by atoms with Crippen molar-refractivity contribution >= 4 is 0 Å². The summed E-state index contributed by atoms with van der Waals surface area (Å²) in [5, 5.41) is 0. The zero-order valence-corrected chi connectivity index (χ0v) is 15.7. The lowest BCUT2D eigenvalue weighted by Gasteiger charge is -2.24. The van der Waals surface area contributed by atoms with Gasteiger partial charge in [-0.3, -0.25) is 14.4 Å². The zero-order chi connectivity index (χ0) is 19.0. The number of likely N-dealkylation sites (tertiary alicyclic amines) is 1. The number of hydrogen-bond acceptors (Lipinski definition) is 2. The van der Waals surface area contributed by atoms with Gasteiger partial charge in [0.1, 0.15) is 5.82 Å². The first kappa shape index (κ1) is 17.7. The normalized spacial score (nSPS) is 17.5. The summed E-state index contributed by atoms with van der Waals surface area (Å²) in [4.78, 5) is 15.5. The van der Waals surface area contributed by atoms with Crippen LogP contribution in [0.1, 0.15) is 35.7 Å². The second-order valence-corrected chi connectivity index (χ2v) is 7.22. The van der Waals surface area contributed by atoms with E-state index in [2.05, 4.69) is 4.90 Å². The van der Waals surface area contributed by atoms with Gasteiger partial charge in [-0.1, -0.05) is 30.3 Å². The molecule has 0 saturated carbocycles. The molecule has 4 rings (SSSR count).